The zero-order chi connectivity index (χ0) is 17.7. The Labute approximate surface area is 146 Å². The van der Waals surface area contributed by atoms with Crippen molar-refractivity contribution >= 4 is 23.5 Å². The lowest BCUT2D eigenvalue weighted by Gasteiger charge is -2.23. The Balaban J connectivity index is 2.26. The minimum absolute atomic E-state index is 0.0105. The lowest BCUT2D eigenvalue weighted by molar-refractivity contribution is -0.142. The van der Waals surface area contributed by atoms with Crippen LogP contribution in [0.15, 0.2) is 54.6 Å². The predicted octanol–water partition coefficient (Wildman–Crippen LogP) is 4.02. The molecule has 5 heteroatoms. The summed E-state index contributed by atoms with van der Waals surface area (Å²) in [4.78, 5) is 24.3. The molecule has 2 rings (SSSR count). The molecule has 4 nitrogen and oxygen atoms in total. The van der Waals surface area contributed by atoms with Crippen LogP contribution < -0.4 is 5.32 Å². The van der Waals surface area contributed by atoms with E-state index in [0.717, 1.165) is 5.56 Å². The van der Waals surface area contributed by atoms with E-state index in [1.165, 1.54) is 0 Å². The molecule has 0 radical (unpaired) electrons. The van der Waals surface area contributed by atoms with Crippen LogP contribution in [0.4, 0.5) is 0 Å². The van der Waals surface area contributed by atoms with Crippen molar-refractivity contribution < 1.29 is 14.7 Å². The average molecular weight is 346 g/mol. The number of carboxylic acid groups (broad SMARTS) is 1. The van der Waals surface area contributed by atoms with E-state index in [1.54, 1.807) is 54.6 Å². The maximum Gasteiger partial charge on any atom is 0.330 e. The molecule has 2 atom stereocenters. The van der Waals surface area contributed by atoms with Gasteiger partial charge in [-0.3, -0.25) is 4.79 Å². The minimum atomic E-state index is -1.09. The first-order valence-corrected chi connectivity index (χ1v) is 8.11. The number of amides is 1. The number of rotatable bonds is 6. The first kappa shape index (κ1) is 18.0. The van der Waals surface area contributed by atoms with Gasteiger partial charge in [0, 0.05) is 5.02 Å². The molecule has 0 fully saturated rings. The molecule has 2 N–H and O–H groups in total. The quantitative estimate of drug-likeness (QED) is 0.830. The molecule has 126 valence electrons. The maximum absolute atomic E-state index is 12.8. The van der Waals surface area contributed by atoms with Crippen molar-refractivity contribution in [2.45, 2.75) is 25.8 Å². The fourth-order valence-corrected chi connectivity index (χ4v) is 2.80. The van der Waals surface area contributed by atoms with Gasteiger partial charge in [-0.1, -0.05) is 67.9 Å². The summed E-state index contributed by atoms with van der Waals surface area (Å²) in [5.74, 6) is -1.85. The largest absolute Gasteiger partial charge is 0.479 e. The van der Waals surface area contributed by atoms with Gasteiger partial charge in [0.05, 0.1) is 5.92 Å². The van der Waals surface area contributed by atoms with Crippen LogP contribution in [0.5, 0.6) is 0 Å². The molecule has 0 bridgehead atoms. The SMILES string of the molecule is CC(C)[C@H](C(=O)N[C@@H](C(=O)O)c1ccccc1)c1ccc(Cl)cc1. The summed E-state index contributed by atoms with van der Waals surface area (Å²) in [6.45, 7) is 3.86. The molecule has 0 unspecified atom stereocenters. The number of hydrogen-bond acceptors (Lipinski definition) is 2. The third-order valence-corrected chi connectivity index (χ3v) is 4.10. The summed E-state index contributed by atoms with van der Waals surface area (Å²) in [6, 6.07) is 14.6. The van der Waals surface area contributed by atoms with Gasteiger partial charge in [0.2, 0.25) is 5.91 Å². The summed E-state index contributed by atoms with van der Waals surface area (Å²) in [5, 5.41) is 12.7. The summed E-state index contributed by atoms with van der Waals surface area (Å²) < 4.78 is 0. The van der Waals surface area contributed by atoms with E-state index in [2.05, 4.69) is 5.32 Å². The van der Waals surface area contributed by atoms with E-state index in [9.17, 15) is 14.7 Å². The molecule has 0 aliphatic carbocycles. The third kappa shape index (κ3) is 4.36. The molecule has 0 aliphatic rings. The molecule has 2 aromatic carbocycles. The zero-order valence-electron chi connectivity index (χ0n) is 13.6. The number of carbonyl (C=O) groups is 2. The summed E-state index contributed by atoms with van der Waals surface area (Å²) in [5.41, 5.74) is 1.35. The van der Waals surface area contributed by atoms with E-state index in [4.69, 9.17) is 11.6 Å². The Morgan fingerprint density at radius 1 is 0.958 bits per heavy atom. The van der Waals surface area contributed by atoms with Crippen LogP contribution in [-0.4, -0.2) is 17.0 Å². The number of aliphatic carboxylic acids is 1. The summed E-state index contributed by atoms with van der Waals surface area (Å²) in [6.07, 6.45) is 0. The zero-order valence-corrected chi connectivity index (χ0v) is 14.3. The van der Waals surface area contributed by atoms with Crippen LogP contribution in [0.2, 0.25) is 5.02 Å². The Bertz CT molecular complexity index is 698. The van der Waals surface area contributed by atoms with E-state index >= 15 is 0 Å². The molecule has 2 aromatic rings. The Hall–Kier alpha value is -2.33. The van der Waals surface area contributed by atoms with Crippen molar-refractivity contribution in [2.75, 3.05) is 0 Å². The third-order valence-electron chi connectivity index (χ3n) is 3.84. The lowest BCUT2D eigenvalue weighted by atomic mass is 9.87. The van der Waals surface area contributed by atoms with Crippen molar-refractivity contribution in [1.82, 2.24) is 5.32 Å². The van der Waals surface area contributed by atoms with E-state index in [0.29, 0.717) is 10.6 Å². The van der Waals surface area contributed by atoms with Crippen molar-refractivity contribution in [3.8, 4) is 0 Å². The summed E-state index contributed by atoms with van der Waals surface area (Å²) >= 11 is 5.90. The van der Waals surface area contributed by atoms with E-state index in [-0.39, 0.29) is 11.8 Å². The van der Waals surface area contributed by atoms with Gasteiger partial charge >= 0.3 is 5.97 Å². The van der Waals surface area contributed by atoms with Crippen LogP contribution in [0.3, 0.4) is 0 Å². The smallest absolute Gasteiger partial charge is 0.330 e. The highest BCUT2D eigenvalue weighted by atomic mass is 35.5. The second kappa shape index (κ2) is 7.97. The molecule has 0 aliphatic heterocycles. The van der Waals surface area contributed by atoms with Crippen LogP contribution in [0.25, 0.3) is 0 Å². The van der Waals surface area contributed by atoms with Crippen LogP contribution in [-0.2, 0) is 9.59 Å². The monoisotopic (exact) mass is 345 g/mol. The average Bonchev–Trinajstić information content (AvgIpc) is 2.55. The first-order chi connectivity index (χ1) is 11.4. The van der Waals surface area contributed by atoms with Gasteiger partial charge in [-0.2, -0.15) is 0 Å². The molecular formula is C19H20ClNO3. The van der Waals surface area contributed by atoms with Gasteiger partial charge in [-0.15, -0.1) is 0 Å². The normalized spacial score (nSPS) is 13.3. The van der Waals surface area contributed by atoms with Gasteiger partial charge < -0.3 is 10.4 Å². The predicted molar refractivity (Wildman–Crippen MR) is 94.0 cm³/mol. The van der Waals surface area contributed by atoms with Crippen molar-refractivity contribution in [2.24, 2.45) is 5.92 Å². The molecule has 0 aromatic heterocycles. The molecule has 0 spiro atoms. The number of carbonyl (C=O) groups excluding carboxylic acids is 1. The number of benzene rings is 2. The second-order valence-electron chi connectivity index (χ2n) is 5.96. The topological polar surface area (TPSA) is 66.4 Å². The number of nitrogens with one attached hydrogen (secondary N) is 1. The standard InChI is InChI=1S/C19H20ClNO3/c1-12(2)16(13-8-10-15(20)11-9-13)18(22)21-17(19(23)24)14-6-4-3-5-7-14/h3-12,16-17H,1-2H3,(H,21,22)(H,23,24)/t16-,17+/m0/s1. The van der Waals surface area contributed by atoms with Crippen molar-refractivity contribution in [3.05, 3.63) is 70.7 Å². The maximum atomic E-state index is 12.8. The van der Waals surface area contributed by atoms with Crippen LogP contribution >= 0.6 is 11.6 Å². The van der Waals surface area contributed by atoms with Gasteiger partial charge in [-0.05, 0) is 29.2 Å². The highest BCUT2D eigenvalue weighted by Crippen LogP contribution is 2.27. The fourth-order valence-electron chi connectivity index (χ4n) is 2.67. The minimum Gasteiger partial charge on any atom is -0.479 e. The van der Waals surface area contributed by atoms with E-state index < -0.39 is 17.9 Å². The van der Waals surface area contributed by atoms with Gasteiger partial charge in [0.15, 0.2) is 6.04 Å². The Morgan fingerprint density at radius 2 is 1.54 bits per heavy atom. The number of hydrogen-bond donors (Lipinski definition) is 2. The van der Waals surface area contributed by atoms with Crippen LogP contribution in [0, 0.1) is 5.92 Å². The molecule has 0 heterocycles. The van der Waals surface area contributed by atoms with Crippen molar-refractivity contribution in [1.29, 1.82) is 0 Å². The number of halogens is 1. The van der Waals surface area contributed by atoms with Crippen LogP contribution in [0.1, 0.15) is 36.9 Å². The van der Waals surface area contributed by atoms with Crippen molar-refractivity contribution in [3.63, 3.8) is 0 Å². The summed E-state index contributed by atoms with van der Waals surface area (Å²) in [7, 11) is 0. The Kier molecular flexibility index (Phi) is 5.99. The number of carboxylic acids is 1. The van der Waals surface area contributed by atoms with Gasteiger partial charge in [0.1, 0.15) is 0 Å². The second-order valence-corrected chi connectivity index (χ2v) is 6.40. The van der Waals surface area contributed by atoms with E-state index in [1.807, 2.05) is 13.8 Å². The van der Waals surface area contributed by atoms with Gasteiger partial charge in [0.25, 0.3) is 0 Å². The molecule has 0 saturated carbocycles. The molecule has 0 saturated heterocycles. The molecule has 24 heavy (non-hydrogen) atoms. The molecule has 1 amide bonds. The highest BCUT2D eigenvalue weighted by Gasteiger charge is 2.29. The highest BCUT2D eigenvalue weighted by molar-refractivity contribution is 6.30. The Morgan fingerprint density at radius 3 is 2.04 bits per heavy atom. The molecular weight excluding hydrogens is 326 g/mol. The van der Waals surface area contributed by atoms with Gasteiger partial charge in [-0.25, -0.2) is 4.79 Å². The first-order valence-electron chi connectivity index (χ1n) is 7.73. The lowest BCUT2D eigenvalue weighted by Crippen LogP contribution is -2.38. The fraction of sp³-hybridized carbons (Fsp3) is 0.263.